The van der Waals surface area contributed by atoms with Crippen molar-refractivity contribution >= 4 is 34.0 Å². The van der Waals surface area contributed by atoms with Crippen LogP contribution in [0.15, 0.2) is 18.2 Å². The second kappa shape index (κ2) is 3.85. The second-order valence-electron chi connectivity index (χ2n) is 4.57. The van der Waals surface area contributed by atoms with Crippen LogP contribution in [0.2, 0.25) is 0 Å². The van der Waals surface area contributed by atoms with Gasteiger partial charge < -0.3 is 10.2 Å². The zero-order valence-corrected chi connectivity index (χ0v) is 11.6. The van der Waals surface area contributed by atoms with Crippen LogP contribution in [0.4, 0.5) is 11.4 Å². The number of halogens is 1. The minimum Gasteiger partial charge on any atom is -0.381 e. The summed E-state index contributed by atoms with van der Waals surface area (Å²) in [6.07, 6.45) is 0. The molecule has 0 fully saturated rings. The SMILES string of the molecule is CCN1c2ccc(I)cc2NCC1(C)C. The first-order valence-corrected chi connectivity index (χ1v) is 6.43. The Kier molecular flexibility index (Phi) is 2.83. The number of rotatable bonds is 1. The molecule has 0 aromatic heterocycles. The van der Waals surface area contributed by atoms with Crippen LogP contribution in [0.25, 0.3) is 0 Å². The Hall–Kier alpha value is -0.450. The molecule has 2 rings (SSSR count). The standard InChI is InChI=1S/C12H17IN2/c1-4-15-11-6-5-9(13)7-10(11)14-8-12(15,2)3/h5-7,14H,4,8H2,1-3H3. The largest absolute Gasteiger partial charge is 0.381 e. The van der Waals surface area contributed by atoms with Crippen LogP contribution in [0, 0.1) is 3.57 Å². The Balaban J connectivity index is 2.47. The Bertz CT molecular complexity index is 374. The average Bonchev–Trinajstić information content (AvgIpc) is 2.18. The summed E-state index contributed by atoms with van der Waals surface area (Å²) in [7, 11) is 0. The molecule has 1 aromatic rings. The molecule has 0 spiro atoms. The minimum atomic E-state index is 0.203. The van der Waals surface area contributed by atoms with E-state index in [4.69, 9.17) is 0 Å². The molecule has 3 heteroatoms. The van der Waals surface area contributed by atoms with Gasteiger partial charge in [-0.1, -0.05) is 0 Å². The molecule has 1 aromatic carbocycles. The Labute approximate surface area is 105 Å². The van der Waals surface area contributed by atoms with Crippen LogP contribution in [-0.4, -0.2) is 18.6 Å². The van der Waals surface area contributed by atoms with E-state index in [0.717, 1.165) is 13.1 Å². The summed E-state index contributed by atoms with van der Waals surface area (Å²) in [6, 6.07) is 6.60. The monoisotopic (exact) mass is 316 g/mol. The predicted octanol–water partition coefficient (Wildman–Crippen LogP) is 3.32. The van der Waals surface area contributed by atoms with Crippen molar-refractivity contribution in [3.63, 3.8) is 0 Å². The van der Waals surface area contributed by atoms with E-state index in [2.05, 4.69) is 71.8 Å². The quantitative estimate of drug-likeness (QED) is 0.800. The Morgan fingerprint density at radius 1 is 1.47 bits per heavy atom. The first kappa shape index (κ1) is 11.0. The molecule has 1 aliphatic rings. The molecule has 0 aliphatic carbocycles. The molecule has 0 bridgehead atoms. The molecule has 1 heterocycles. The van der Waals surface area contributed by atoms with E-state index < -0.39 is 0 Å². The van der Waals surface area contributed by atoms with Gasteiger partial charge in [-0.3, -0.25) is 0 Å². The van der Waals surface area contributed by atoms with Gasteiger partial charge in [0.25, 0.3) is 0 Å². The lowest BCUT2D eigenvalue weighted by atomic mass is 9.98. The summed E-state index contributed by atoms with van der Waals surface area (Å²) >= 11 is 2.36. The Morgan fingerprint density at radius 2 is 2.20 bits per heavy atom. The van der Waals surface area contributed by atoms with Crippen molar-refractivity contribution in [1.82, 2.24) is 0 Å². The molecule has 0 saturated heterocycles. The molecule has 0 amide bonds. The van der Waals surface area contributed by atoms with Crippen LogP contribution in [-0.2, 0) is 0 Å². The fraction of sp³-hybridized carbons (Fsp3) is 0.500. The predicted molar refractivity (Wildman–Crippen MR) is 74.7 cm³/mol. The number of fused-ring (bicyclic) bond motifs is 1. The normalized spacial score (nSPS) is 18.3. The number of nitrogens with zero attached hydrogens (tertiary/aromatic N) is 1. The number of nitrogens with one attached hydrogen (secondary N) is 1. The van der Waals surface area contributed by atoms with Crippen LogP contribution < -0.4 is 10.2 Å². The van der Waals surface area contributed by atoms with E-state index in [1.807, 2.05) is 0 Å². The molecule has 15 heavy (non-hydrogen) atoms. The average molecular weight is 316 g/mol. The van der Waals surface area contributed by atoms with E-state index in [0.29, 0.717) is 0 Å². The van der Waals surface area contributed by atoms with Gasteiger partial charge in [-0.25, -0.2) is 0 Å². The number of likely N-dealkylation sites (N-methyl/N-ethyl adjacent to an activating group) is 1. The molecule has 82 valence electrons. The summed E-state index contributed by atoms with van der Waals surface area (Å²) < 4.78 is 1.29. The van der Waals surface area contributed by atoms with Gasteiger partial charge in [-0.05, 0) is 61.6 Å². The summed E-state index contributed by atoms with van der Waals surface area (Å²) in [6.45, 7) is 8.85. The van der Waals surface area contributed by atoms with Gasteiger partial charge in [0, 0.05) is 16.7 Å². The van der Waals surface area contributed by atoms with Gasteiger partial charge in [0.1, 0.15) is 0 Å². The third-order valence-electron chi connectivity index (χ3n) is 3.01. The molecule has 0 radical (unpaired) electrons. The van der Waals surface area contributed by atoms with Gasteiger partial charge >= 0.3 is 0 Å². The lowest BCUT2D eigenvalue weighted by Gasteiger charge is -2.45. The van der Waals surface area contributed by atoms with E-state index >= 15 is 0 Å². The van der Waals surface area contributed by atoms with Crippen molar-refractivity contribution in [2.75, 3.05) is 23.3 Å². The van der Waals surface area contributed by atoms with Gasteiger partial charge in [-0.2, -0.15) is 0 Å². The van der Waals surface area contributed by atoms with Gasteiger partial charge in [0.05, 0.1) is 16.9 Å². The summed E-state index contributed by atoms with van der Waals surface area (Å²) in [5.41, 5.74) is 2.80. The van der Waals surface area contributed by atoms with Crippen LogP contribution in [0.1, 0.15) is 20.8 Å². The minimum absolute atomic E-state index is 0.203. The van der Waals surface area contributed by atoms with E-state index in [1.54, 1.807) is 0 Å². The fourth-order valence-corrected chi connectivity index (χ4v) is 2.71. The van der Waals surface area contributed by atoms with Gasteiger partial charge in [-0.15, -0.1) is 0 Å². The van der Waals surface area contributed by atoms with Crippen molar-refractivity contribution in [2.24, 2.45) is 0 Å². The fourth-order valence-electron chi connectivity index (χ4n) is 2.22. The van der Waals surface area contributed by atoms with Gasteiger partial charge in [0.2, 0.25) is 0 Å². The highest BCUT2D eigenvalue weighted by atomic mass is 127. The lowest BCUT2D eigenvalue weighted by Crippen LogP contribution is -2.52. The highest BCUT2D eigenvalue weighted by Gasteiger charge is 2.31. The topological polar surface area (TPSA) is 15.3 Å². The number of benzene rings is 1. The maximum absolute atomic E-state index is 3.51. The molecular formula is C12H17IN2. The molecule has 0 atom stereocenters. The zero-order chi connectivity index (χ0) is 11.1. The Morgan fingerprint density at radius 3 is 2.87 bits per heavy atom. The first-order chi connectivity index (χ1) is 7.04. The van der Waals surface area contributed by atoms with E-state index in [-0.39, 0.29) is 5.54 Å². The van der Waals surface area contributed by atoms with E-state index in [9.17, 15) is 0 Å². The lowest BCUT2D eigenvalue weighted by molar-refractivity contribution is 0.480. The molecule has 0 saturated carbocycles. The van der Waals surface area contributed by atoms with Crippen LogP contribution >= 0.6 is 22.6 Å². The number of hydrogen-bond acceptors (Lipinski definition) is 2. The molecular weight excluding hydrogens is 299 g/mol. The number of hydrogen-bond donors (Lipinski definition) is 1. The molecule has 1 aliphatic heterocycles. The van der Waals surface area contributed by atoms with Crippen molar-refractivity contribution in [2.45, 2.75) is 26.3 Å². The highest BCUT2D eigenvalue weighted by Crippen LogP contribution is 2.36. The van der Waals surface area contributed by atoms with Crippen molar-refractivity contribution < 1.29 is 0 Å². The van der Waals surface area contributed by atoms with Crippen molar-refractivity contribution in [3.05, 3.63) is 21.8 Å². The molecule has 0 unspecified atom stereocenters. The van der Waals surface area contributed by atoms with Gasteiger partial charge in [0.15, 0.2) is 0 Å². The second-order valence-corrected chi connectivity index (χ2v) is 5.82. The third kappa shape index (κ3) is 1.94. The highest BCUT2D eigenvalue weighted by molar-refractivity contribution is 14.1. The smallest absolute Gasteiger partial charge is 0.0607 e. The summed E-state index contributed by atoms with van der Waals surface area (Å²) in [5.74, 6) is 0. The zero-order valence-electron chi connectivity index (χ0n) is 9.47. The van der Waals surface area contributed by atoms with Crippen molar-refractivity contribution in [3.8, 4) is 0 Å². The number of anilines is 2. The maximum Gasteiger partial charge on any atom is 0.0607 e. The third-order valence-corrected chi connectivity index (χ3v) is 3.68. The first-order valence-electron chi connectivity index (χ1n) is 5.35. The van der Waals surface area contributed by atoms with Crippen LogP contribution in [0.3, 0.4) is 0 Å². The maximum atomic E-state index is 3.51. The summed E-state index contributed by atoms with van der Waals surface area (Å²) in [4.78, 5) is 2.47. The van der Waals surface area contributed by atoms with Crippen molar-refractivity contribution in [1.29, 1.82) is 0 Å². The molecule has 1 N–H and O–H groups in total. The van der Waals surface area contributed by atoms with E-state index in [1.165, 1.54) is 14.9 Å². The van der Waals surface area contributed by atoms with Crippen LogP contribution in [0.5, 0.6) is 0 Å². The molecule has 2 nitrogen and oxygen atoms in total. The summed E-state index contributed by atoms with van der Waals surface area (Å²) in [5, 5.41) is 3.51.